The van der Waals surface area contributed by atoms with E-state index >= 15 is 0 Å². The minimum absolute atomic E-state index is 0.0668. The van der Waals surface area contributed by atoms with Crippen LogP contribution >= 0.6 is 12.6 Å². The first kappa shape index (κ1) is 36.4. The molecule has 0 aliphatic carbocycles. The molecule has 46 heavy (non-hydrogen) atoms. The molecule has 246 valence electrons. The van der Waals surface area contributed by atoms with Gasteiger partial charge < -0.3 is 19.5 Å². The van der Waals surface area contributed by atoms with E-state index in [1.807, 2.05) is 59.1 Å². The Labute approximate surface area is 279 Å². The van der Waals surface area contributed by atoms with Crippen LogP contribution in [0, 0.1) is 0 Å². The van der Waals surface area contributed by atoms with Gasteiger partial charge in [-0.25, -0.2) is 4.79 Å². The van der Waals surface area contributed by atoms with Crippen molar-refractivity contribution in [2.75, 3.05) is 39.8 Å². The highest BCUT2D eigenvalue weighted by atomic mass is 32.1. The predicted molar refractivity (Wildman–Crippen MR) is 189 cm³/mol. The summed E-state index contributed by atoms with van der Waals surface area (Å²) in [7, 11) is 1.67. The lowest BCUT2D eigenvalue weighted by Crippen LogP contribution is -2.54. The summed E-state index contributed by atoms with van der Waals surface area (Å²) < 4.78 is 5.94. The van der Waals surface area contributed by atoms with Gasteiger partial charge in [-0.1, -0.05) is 58.0 Å². The van der Waals surface area contributed by atoms with Gasteiger partial charge in [0, 0.05) is 31.1 Å². The number of benzene rings is 3. The molecule has 3 aromatic rings. The van der Waals surface area contributed by atoms with Crippen LogP contribution in [0.3, 0.4) is 0 Å². The third-order valence-corrected chi connectivity index (χ3v) is 8.53. The van der Waals surface area contributed by atoms with Crippen LogP contribution in [0.15, 0.2) is 89.8 Å². The van der Waals surface area contributed by atoms with Crippen molar-refractivity contribution in [1.82, 2.24) is 14.7 Å². The fourth-order valence-corrected chi connectivity index (χ4v) is 6.00. The van der Waals surface area contributed by atoms with Gasteiger partial charge in [0.15, 0.2) is 0 Å². The number of thiol groups is 1. The summed E-state index contributed by atoms with van der Waals surface area (Å²) in [5.74, 6) is 1.45. The number of amides is 2. The lowest BCUT2D eigenvalue weighted by Gasteiger charge is -2.39. The van der Waals surface area contributed by atoms with Crippen molar-refractivity contribution in [3.05, 3.63) is 102 Å². The molecule has 3 aromatic carbocycles. The fourth-order valence-electron chi connectivity index (χ4n) is 5.85. The molecule has 8 nitrogen and oxygen atoms in total. The Morgan fingerprint density at radius 3 is 2.09 bits per heavy atom. The molecule has 9 heteroatoms. The summed E-state index contributed by atoms with van der Waals surface area (Å²) in [5.41, 5.74) is 3.73. The number of hydrogen-bond donors (Lipinski definition) is 2. The second kappa shape index (κ2) is 16.5. The Kier molecular flexibility index (Phi) is 13.0. The highest BCUT2D eigenvalue weighted by Gasteiger charge is 2.45. The van der Waals surface area contributed by atoms with E-state index in [0.717, 1.165) is 53.2 Å². The summed E-state index contributed by atoms with van der Waals surface area (Å²) in [6.07, 6.45) is 1.09. The molecule has 5 rings (SSSR count). The van der Waals surface area contributed by atoms with Crippen LogP contribution < -0.4 is 4.74 Å². The minimum Gasteiger partial charge on any atom is -0.508 e. The predicted octanol–water partition coefficient (Wildman–Crippen LogP) is 7.30. The van der Waals surface area contributed by atoms with Crippen molar-refractivity contribution in [3.8, 4) is 11.5 Å². The molecule has 2 heterocycles. The maximum Gasteiger partial charge on any atom is 0.326 e. The maximum absolute atomic E-state index is 14.6. The van der Waals surface area contributed by atoms with Crippen molar-refractivity contribution in [3.63, 3.8) is 0 Å². The van der Waals surface area contributed by atoms with E-state index in [1.165, 1.54) is 0 Å². The van der Waals surface area contributed by atoms with Crippen LogP contribution in [-0.4, -0.2) is 78.3 Å². The Morgan fingerprint density at radius 1 is 0.957 bits per heavy atom. The van der Waals surface area contributed by atoms with Gasteiger partial charge in [-0.15, -0.1) is 25.8 Å². The van der Waals surface area contributed by atoms with Crippen molar-refractivity contribution in [2.24, 2.45) is 4.99 Å². The topological polar surface area (TPSA) is 85.7 Å². The number of methoxy groups -OCH3 is 1. The number of carbonyl (C=O) groups excluding carboxylic acids is 2. The number of ether oxygens (including phenoxy) is 1. The van der Waals surface area contributed by atoms with Crippen LogP contribution in [0.4, 0.5) is 4.79 Å². The summed E-state index contributed by atoms with van der Waals surface area (Å²) in [5, 5.41) is 10.1. The van der Waals surface area contributed by atoms with Gasteiger partial charge in [-0.05, 0) is 71.5 Å². The van der Waals surface area contributed by atoms with Gasteiger partial charge in [-0.2, -0.15) is 0 Å². The van der Waals surface area contributed by atoms with Crippen LogP contribution in [0.1, 0.15) is 68.5 Å². The molecule has 0 radical (unpaired) electrons. The summed E-state index contributed by atoms with van der Waals surface area (Å²) in [6, 6.07) is 20.4. The summed E-state index contributed by atoms with van der Waals surface area (Å²) in [4.78, 5) is 35.0. The number of phenolic OH excluding ortho intramolecular Hbond substituents is 1. The van der Waals surface area contributed by atoms with Gasteiger partial charge in [0.2, 0.25) is 0 Å². The summed E-state index contributed by atoms with van der Waals surface area (Å²) in [6.45, 7) is 20.7. The maximum atomic E-state index is 14.6. The Hall–Kier alpha value is -4.08. The number of aromatic hydroxyl groups is 1. The van der Waals surface area contributed by atoms with Crippen LogP contribution in [0.25, 0.3) is 0 Å². The number of hydrogen-bond acceptors (Lipinski definition) is 7. The lowest BCUT2D eigenvalue weighted by molar-refractivity contribution is -0.0980. The largest absolute Gasteiger partial charge is 0.508 e. The normalized spacial score (nSPS) is 18.1. The number of phenols is 1. The molecule has 2 aliphatic heterocycles. The van der Waals surface area contributed by atoms with Gasteiger partial charge in [0.05, 0.1) is 18.7 Å². The number of nitrogens with zero attached hydrogens (tertiary/aromatic N) is 4. The quantitative estimate of drug-likeness (QED) is 0.217. The highest BCUT2D eigenvalue weighted by Crippen LogP contribution is 2.46. The zero-order valence-electron chi connectivity index (χ0n) is 27.8. The minimum atomic E-state index is -0.417. The second-order valence-electron chi connectivity index (χ2n) is 12.2. The molecular weight excluding hydrogens is 596 g/mol. The zero-order valence-corrected chi connectivity index (χ0v) is 28.7. The molecule has 0 spiro atoms. The molecule has 2 aliphatic rings. The number of amidine groups is 1. The number of aliphatic imine (C=N–C) groups is 1. The van der Waals surface area contributed by atoms with Gasteiger partial charge in [0.1, 0.15) is 30.2 Å². The highest BCUT2D eigenvalue weighted by molar-refractivity contribution is 7.80. The van der Waals surface area contributed by atoms with Gasteiger partial charge in [-0.3, -0.25) is 14.8 Å². The first-order chi connectivity index (χ1) is 22.1. The summed E-state index contributed by atoms with van der Waals surface area (Å²) >= 11 is 4.50. The molecule has 2 atom stereocenters. The number of piperazine rings is 1. The smallest absolute Gasteiger partial charge is 0.326 e. The molecule has 1 saturated heterocycles. The SMILES string of the molecule is C=C.C=O.CCCN1CCN(C(=O)N2C(c3ccc(C(C)(C)C)cc3OC)=NC(c3ccc(S)cc3)C2c2ccc(O)cc2)CC1. The van der Waals surface area contributed by atoms with Gasteiger partial charge in [0.25, 0.3) is 0 Å². The fraction of sp³-hybridized carbons (Fsp3) is 0.378. The number of carbonyl (C=O) groups is 2. The third kappa shape index (κ3) is 8.19. The van der Waals surface area contributed by atoms with E-state index in [9.17, 15) is 9.90 Å². The Bertz CT molecular complexity index is 1460. The van der Waals surface area contributed by atoms with E-state index in [-0.39, 0.29) is 23.2 Å². The van der Waals surface area contributed by atoms with E-state index in [4.69, 9.17) is 14.5 Å². The van der Waals surface area contributed by atoms with Crippen LogP contribution in [0.2, 0.25) is 0 Å². The van der Waals surface area contributed by atoms with Gasteiger partial charge >= 0.3 is 6.03 Å². The second-order valence-corrected chi connectivity index (χ2v) is 12.7. The molecule has 2 unspecified atom stereocenters. The van der Waals surface area contributed by atoms with E-state index in [2.05, 4.69) is 70.5 Å². The van der Waals surface area contributed by atoms with E-state index < -0.39 is 6.04 Å². The first-order valence-electron chi connectivity index (χ1n) is 15.5. The van der Waals surface area contributed by atoms with Crippen LogP contribution in [0.5, 0.6) is 11.5 Å². The van der Waals surface area contributed by atoms with Crippen molar-refractivity contribution >= 4 is 31.3 Å². The van der Waals surface area contributed by atoms with Crippen LogP contribution in [-0.2, 0) is 10.2 Å². The molecule has 2 amide bonds. The molecule has 0 aromatic heterocycles. The van der Waals surface area contributed by atoms with Crippen molar-refractivity contribution < 1.29 is 19.4 Å². The Morgan fingerprint density at radius 2 is 1.54 bits per heavy atom. The zero-order chi connectivity index (χ0) is 34.0. The Balaban J connectivity index is 0.00000139. The lowest BCUT2D eigenvalue weighted by atomic mass is 9.86. The van der Waals surface area contributed by atoms with Crippen molar-refractivity contribution in [2.45, 2.75) is 56.5 Å². The van der Waals surface area contributed by atoms with Crippen molar-refractivity contribution in [1.29, 1.82) is 0 Å². The third-order valence-electron chi connectivity index (χ3n) is 8.23. The average molecular weight is 645 g/mol. The number of rotatable bonds is 6. The number of urea groups is 1. The molecular formula is C37H48N4O4S. The molecule has 1 N–H and O–H groups in total. The monoisotopic (exact) mass is 644 g/mol. The standard InChI is InChI=1S/C34H42N4O3S.C2H4.CH2O/c1-6-17-36-18-20-37(21-19-36)33(40)38-31(24-7-12-26(39)13-8-24)30(23-9-14-27(42)15-10-23)35-32(38)28-16-11-25(34(2,3)4)22-29(28)41-5;2*1-2/h7-16,22,30-31,39,42H,6,17-21H2,1-5H3;1-2H2;1H2. The first-order valence-corrected chi connectivity index (χ1v) is 16.0. The molecule has 0 bridgehead atoms. The molecule has 1 fully saturated rings. The average Bonchev–Trinajstić information content (AvgIpc) is 3.47. The van der Waals surface area contributed by atoms with E-state index in [1.54, 1.807) is 19.2 Å². The van der Waals surface area contributed by atoms with E-state index in [0.29, 0.717) is 24.7 Å². The molecule has 0 saturated carbocycles.